The number of amides is 1. The Balaban J connectivity index is 2.03. The molecule has 0 saturated carbocycles. The summed E-state index contributed by atoms with van der Waals surface area (Å²) in [5.41, 5.74) is 0.547. The second-order valence-corrected chi connectivity index (χ2v) is 6.19. The highest BCUT2D eigenvalue weighted by Gasteiger charge is 2.21. The second kappa shape index (κ2) is 6.73. The maximum Gasteiger partial charge on any atom is 0.255 e. The zero-order valence-corrected chi connectivity index (χ0v) is 13.2. The summed E-state index contributed by atoms with van der Waals surface area (Å²) >= 11 is 9.46. The van der Waals surface area contributed by atoms with Gasteiger partial charge in [-0.3, -0.25) is 4.79 Å². The number of rotatable bonds is 3. The van der Waals surface area contributed by atoms with Crippen LogP contribution in [0, 0.1) is 5.92 Å². The van der Waals surface area contributed by atoms with Gasteiger partial charge in [0.05, 0.1) is 10.6 Å². The van der Waals surface area contributed by atoms with Gasteiger partial charge in [0.15, 0.2) is 0 Å². The van der Waals surface area contributed by atoms with Crippen LogP contribution in [0.25, 0.3) is 0 Å². The Hall–Kier alpha value is -0.580. The number of hydrogen-bond acceptors (Lipinski definition) is 2. The lowest BCUT2D eigenvalue weighted by atomic mass is 9.99. The monoisotopic (exact) mass is 345 g/mol. The Labute approximate surface area is 127 Å². The third-order valence-corrected chi connectivity index (χ3v) is 4.20. The maximum atomic E-state index is 12.4. The van der Waals surface area contributed by atoms with Gasteiger partial charge in [-0.15, -0.1) is 0 Å². The molecule has 1 aliphatic rings. The second-order valence-electron chi connectivity index (χ2n) is 4.87. The third kappa shape index (κ3) is 3.94. The zero-order valence-electron chi connectivity index (χ0n) is 10.9. The van der Waals surface area contributed by atoms with Crippen LogP contribution in [0.15, 0.2) is 22.7 Å². The van der Waals surface area contributed by atoms with Crippen LogP contribution in [0.5, 0.6) is 0 Å². The lowest BCUT2D eigenvalue weighted by Gasteiger charge is -2.27. The average molecular weight is 347 g/mol. The molecule has 2 rings (SSSR count). The first kappa shape index (κ1) is 14.8. The van der Waals surface area contributed by atoms with Crippen LogP contribution in [0.4, 0.5) is 0 Å². The first-order valence-electron chi connectivity index (χ1n) is 6.36. The summed E-state index contributed by atoms with van der Waals surface area (Å²) in [5, 5.41) is 0.493. The van der Waals surface area contributed by atoms with Crippen LogP contribution in [0.3, 0.4) is 0 Å². The van der Waals surface area contributed by atoms with Crippen molar-refractivity contribution in [2.45, 2.75) is 12.8 Å². The average Bonchev–Trinajstić information content (AvgIpc) is 2.42. The number of benzene rings is 1. The lowest BCUT2D eigenvalue weighted by Crippen LogP contribution is -2.34. The smallest absolute Gasteiger partial charge is 0.255 e. The van der Waals surface area contributed by atoms with E-state index in [0.717, 1.165) is 37.1 Å². The minimum atomic E-state index is -0.0298. The van der Waals surface area contributed by atoms with E-state index in [1.54, 1.807) is 17.0 Å². The molecule has 0 N–H and O–H groups in total. The van der Waals surface area contributed by atoms with Gasteiger partial charge in [0, 0.05) is 31.3 Å². The molecule has 104 valence electrons. The van der Waals surface area contributed by atoms with Crippen molar-refractivity contribution in [2.75, 3.05) is 26.8 Å². The van der Waals surface area contributed by atoms with Gasteiger partial charge in [0.2, 0.25) is 0 Å². The van der Waals surface area contributed by atoms with E-state index in [1.165, 1.54) is 0 Å². The van der Waals surface area contributed by atoms with Gasteiger partial charge in [-0.2, -0.15) is 0 Å². The molecule has 0 aliphatic carbocycles. The predicted molar refractivity (Wildman–Crippen MR) is 79.7 cm³/mol. The van der Waals surface area contributed by atoms with Crippen LogP contribution in [0.2, 0.25) is 5.02 Å². The molecule has 0 unspecified atom stereocenters. The predicted octanol–water partition coefficient (Wildman–Crippen LogP) is 3.60. The highest BCUT2D eigenvalue weighted by atomic mass is 79.9. The normalized spacial score (nSPS) is 16.4. The summed E-state index contributed by atoms with van der Waals surface area (Å²) in [4.78, 5) is 14.1. The molecule has 0 atom stereocenters. The van der Waals surface area contributed by atoms with Crippen molar-refractivity contribution in [3.05, 3.63) is 33.3 Å². The Morgan fingerprint density at radius 2 is 2.16 bits per heavy atom. The summed E-state index contributed by atoms with van der Waals surface area (Å²) in [6, 6.07) is 5.34. The summed E-state index contributed by atoms with van der Waals surface area (Å²) in [7, 11) is 1.83. The molecule has 1 heterocycles. The molecule has 0 radical (unpaired) electrons. The molecule has 1 amide bonds. The topological polar surface area (TPSA) is 29.5 Å². The molecule has 1 aromatic carbocycles. The standard InChI is InChI=1S/C14H17BrClNO2/c1-17(9-10-4-6-19-7-5-10)14(18)12-8-11(15)2-3-13(12)16/h2-3,8,10H,4-7,9H2,1H3. The molecule has 5 heteroatoms. The molecule has 3 nitrogen and oxygen atoms in total. The summed E-state index contributed by atoms with van der Waals surface area (Å²) in [5.74, 6) is 0.492. The fraction of sp³-hybridized carbons (Fsp3) is 0.500. The Bertz CT molecular complexity index is 461. The first-order chi connectivity index (χ1) is 9.08. The van der Waals surface area contributed by atoms with E-state index in [4.69, 9.17) is 16.3 Å². The molecule has 19 heavy (non-hydrogen) atoms. The molecule has 0 bridgehead atoms. The largest absolute Gasteiger partial charge is 0.381 e. The van der Waals surface area contributed by atoms with E-state index < -0.39 is 0 Å². The minimum Gasteiger partial charge on any atom is -0.381 e. The van der Waals surface area contributed by atoms with Crippen molar-refractivity contribution in [2.24, 2.45) is 5.92 Å². The molecule has 0 spiro atoms. The molecule has 1 fully saturated rings. The molecule has 1 aromatic rings. The van der Waals surface area contributed by atoms with Crippen molar-refractivity contribution < 1.29 is 9.53 Å². The zero-order chi connectivity index (χ0) is 13.8. The van der Waals surface area contributed by atoms with E-state index in [0.29, 0.717) is 16.5 Å². The first-order valence-corrected chi connectivity index (χ1v) is 7.53. The number of halogens is 2. The maximum absolute atomic E-state index is 12.4. The highest BCUT2D eigenvalue weighted by molar-refractivity contribution is 9.10. The quantitative estimate of drug-likeness (QED) is 0.837. The van der Waals surface area contributed by atoms with E-state index in [2.05, 4.69) is 15.9 Å². The van der Waals surface area contributed by atoms with Gasteiger partial charge < -0.3 is 9.64 Å². The van der Waals surface area contributed by atoms with Gasteiger partial charge in [0.25, 0.3) is 5.91 Å². The van der Waals surface area contributed by atoms with Crippen molar-refractivity contribution in [1.82, 2.24) is 4.90 Å². The minimum absolute atomic E-state index is 0.0298. The summed E-state index contributed by atoms with van der Waals surface area (Å²) in [6.45, 7) is 2.35. The van der Waals surface area contributed by atoms with Crippen LogP contribution in [0.1, 0.15) is 23.2 Å². The SMILES string of the molecule is CN(CC1CCOCC1)C(=O)c1cc(Br)ccc1Cl. The fourth-order valence-electron chi connectivity index (χ4n) is 2.27. The van der Waals surface area contributed by atoms with E-state index in [9.17, 15) is 4.79 Å². The number of hydrogen-bond donors (Lipinski definition) is 0. The molecule has 0 aromatic heterocycles. The Morgan fingerprint density at radius 3 is 2.84 bits per heavy atom. The lowest BCUT2D eigenvalue weighted by molar-refractivity contribution is 0.0497. The highest BCUT2D eigenvalue weighted by Crippen LogP contribution is 2.23. The Kier molecular flexibility index (Phi) is 5.25. The van der Waals surface area contributed by atoms with Crippen LogP contribution in [-0.4, -0.2) is 37.6 Å². The fourth-order valence-corrected chi connectivity index (χ4v) is 2.83. The van der Waals surface area contributed by atoms with E-state index in [-0.39, 0.29) is 5.91 Å². The number of ether oxygens (including phenoxy) is 1. The van der Waals surface area contributed by atoms with Gasteiger partial charge >= 0.3 is 0 Å². The van der Waals surface area contributed by atoms with Crippen LogP contribution >= 0.6 is 27.5 Å². The Morgan fingerprint density at radius 1 is 1.47 bits per heavy atom. The summed E-state index contributed by atoms with van der Waals surface area (Å²) < 4.78 is 6.19. The third-order valence-electron chi connectivity index (χ3n) is 3.38. The molecular weight excluding hydrogens is 330 g/mol. The van der Waals surface area contributed by atoms with Crippen LogP contribution in [-0.2, 0) is 4.74 Å². The van der Waals surface area contributed by atoms with Crippen molar-refractivity contribution in [1.29, 1.82) is 0 Å². The van der Waals surface area contributed by atoms with Crippen molar-refractivity contribution in [3.8, 4) is 0 Å². The number of carbonyl (C=O) groups excluding carboxylic acids is 1. The van der Waals surface area contributed by atoms with E-state index in [1.807, 2.05) is 13.1 Å². The van der Waals surface area contributed by atoms with Gasteiger partial charge in [-0.05, 0) is 37.0 Å². The molecule has 1 aliphatic heterocycles. The number of carbonyl (C=O) groups is 1. The number of nitrogens with zero attached hydrogens (tertiary/aromatic N) is 1. The molecule has 1 saturated heterocycles. The summed E-state index contributed by atoms with van der Waals surface area (Å²) in [6.07, 6.45) is 2.04. The molecular formula is C14H17BrClNO2. The van der Waals surface area contributed by atoms with Crippen molar-refractivity contribution >= 4 is 33.4 Å². The van der Waals surface area contributed by atoms with Gasteiger partial charge in [0.1, 0.15) is 0 Å². The van der Waals surface area contributed by atoms with Crippen molar-refractivity contribution in [3.63, 3.8) is 0 Å². The van der Waals surface area contributed by atoms with Crippen LogP contribution < -0.4 is 0 Å². The van der Waals surface area contributed by atoms with E-state index >= 15 is 0 Å². The van der Waals surface area contributed by atoms with Gasteiger partial charge in [-0.1, -0.05) is 27.5 Å². The van der Waals surface area contributed by atoms with Gasteiger partial charge in [-0.25, -0.2) is 0 Å².